The molecule has 0 aliphatic rings. The van der Waals surface area contributed by atoms with Gasteiger partial charge in [-0.15, -0.1) is 0 Å². The molecule has 0 aliphatic carbocycles. The van der Waals surface area contributed by atoms with Crippen LogP contribution in [0.1, 0.15) is 31.9 Å². The fourth-order valence-electron chi connectivity index (χ4n) is 3.00. The fourth-order valence-corrected chi connectivity index (χ4v) is 3.00. The molecular weight excluding hydrogens is 248 g/mol. The van der Waals surface area contributed by atoms with Gasteiger partial charge in [0.25, 0.3) is 0 Å². The zero-order valence-corrected chi connectivity index (χ0v) is 13.6. The minimum Gasteiger partial charge on any atom is -0.385 e. The summed E-state index contributed by atoms with van der Waals surface area (Å²) in [5, 5.41) is 3.48. The number of methoxy groups -OCH3 is 1. The standard InChI is InChI=1S/C17H30N2O/c1-17(2,14-19(4)12-9-13-20-5)16(18-3)15-10-7-6-8-11-15/h6-8,10-11,16,18H,9,12-14H2,1-5H3. The van der Waals surface area contributed by atoms with Crippen molar-refractivity contribution in [2.75, 3.05) is 40.9 Å². The van der Waals surface area contributed by atoms with Gasteiger partial charge in [-0.2, -0.15) is 0 Å². The van der Waals surface area contributed by atoms with Crippen LogP contribution in [-0.2, 0) is 4.74 Å². The van der Waals surface area contributed by atoms with Crippen molar-refractivity contribution in [2.45, 2.75) is 26.3 Å². The summed E-state index contributed by atoms with van der Waals surface area (Å²) >= 11 is 0. The van der Waals surface area contributed by atoms with Crippen LogP contribution in [0, 0.1) is 5.41 Å². The van der Waals surface area contributed by atoms with Crippen molar-refractivity contribution < 1.29 is 4.74 Å². The van der Waals surface area contributed by atoms with Crippen LogP contribution in [0.15, 0.2) is 30.3 Å². The Balaban J connectivity index is 2.65. The van der Waals surface area contributed by atoms with Crippen LogP contribution in [-0.4, -0.2) is 45.8 Å². The number of benzene rings is 1. The quantitative estimate of drug-likeness (QED) is 0.703. The van der Waals surface area contributed by atoms with Gasteiger partial charge < -0.3 is 15.0 Å². The summed E-state index contributed by atoms with van der Waals surface area (Å²) in [7, 11) is 6.00. The molecule has 1 rings (SSSR count). The van der Waals surface area contributed by atoms with Crippen LogP contribution in [0.2, 0.25) is 0 Å². The van der Waals surface area contributed by atoms with Gasteiger partial charge in [-0.05, 0) is 31.5 Å². The summed E-state index contributed by atoms with van der Waals surface area (Å²) in [6, 6.07) is 11.0. The van der Waals surface area contributed by atoms with E-state index in [1.165, 1.54) is 5.56 Å². The lowest BCUT2D eigenvalue weighted by Crippen LogP contribution is -2.41. The van der Waals surface area contributed by atoms with Crippen LogP contribution in [0.25, 0.3) is 0 Å². The molecule has 3 nitrogen and oxygen atoms in total. The predicted octanol–water partition coefficient (Wildman–Crippen LogP) is 2.94. The molecule has 1 aromatic carbocycles. The first-order valence-corrected chi connectivity index (χ1v) is 7.41. The Morgan fingerprint density at radius 3 is 2.45 bits per heavy atom. The van der Waals surface area contributed by atoms with Crippen molar-refractivity contribution in [3.05, 3.63) is 35.9 Å². The van der Waals surface area contributed by atoms with Gasteiger partial charge in [-0.3, -0.25) is 0 Å². The molecule has 0 aromatic heterocycles. The first kappa shape index (κ1) is 17.2. The lowest BCUT2D eigenvalue weighted by atomic mass is 9.80. The molecule has 0 heterocycles. The van der Waals surface area contributed by atoms with E-state index in [1.807, 2.05) is 7.05 Å². The van der Waals surface area contributed by atoms with Gasteiger partial charge in [0.15, 0.2) is 0 Å². The average molecular weight is 278 g/mol. The average Bonchev–Trinajstić information content (AvgIpc) is 2.40. The molecule has 1 N–H and O–H groups in total. The highest BCUT2D eigenvalue weighted by Gasteiger charge is 2.30. The van der Waals surface area contributed by atoms with E-state index >= 15 is 0 Å². The molecule has 0 saturated heterocycles. The Labute approximate surface area is 124 Å². The van der Waals surface area contributed by atoms with Gasteiger partial charge in [0.2, 0.25) is 0 Å². The van der Waals surface area contributed by atoms with E-state index in [-0.39, 0.29) is 5.41 Å². The maximum absolute atomic E-state index is 5.12. The molecule has 0 spiro atoms. The Hall–Kier alpha value is -0.900. The second-order valence-corrected chi connectivity index (χ2v) is 6.21. The van der Waals surface area contributed by atoms with E-state index in [0.717, 1.165) is 26.1 Å². The Bertz CT molecular complexity index is 365. The zero-order chi connectivity index (χ0) is 15.0. The molecule has 3 heteroatoms. The number of hydrogen-bond donors (Lipinski definition) is 1. The molecule has 114 valence electrons. The summed E-state index contributed by atoms with van der Waals surface area (Å²) in [5.41, 5.74) is 1.52. The molecule has 0 fully saturated rings. The fraction of sp³-hybridized carbons (Fsp3) is 0.647. The Kier molecular flexibility index (Phi) is 7.20. The van der Waals surface area contributed by atoms with Gasteiger partial charge in [-0.25, -0.2) is 0 Å². The number of rotatable bonds is 9. The van der Waals surface area contributed by atoms with Crippen LogP contribution >= 0.6 is 0 Å². The summed E-state index contributed by atoms with van der Waals surface area (Å²) in [6.07, 6.45) is 1.08. The minimum absolute atomic E-state index is 0.165. The van der Waals surface area contributed by atoms with Gasteiger partial charge in [0, 0.05) is 32.8 Å². The van der Waals surface area contributed by atoms with Crippen LogP contribution in [0.4, 0.5) is 0 Å². The smallest absolute Gasteiger partial charge is 0.0474 e. The lowest BCUT2D eigenvalue weighted by molar-refractivity contribution is 0.140. The van der Waals surface area contributed by atoms with Crippen molar-refractivity contribution in [2.24, 2.45) is 5.41 Å². The van der Waals surface area contributed by atoms with E-state index in [0.29, 0.717) is 6.04 Å². The van der Waals surface area contributed by atoms with Crippen molar-refractivity contribution >= 4 is 0 Å². The molecular formula is C17H30N2O. The number of nitrogens with zero attached hydrogens (tertiary/aromatic N) is 1. The number of ether oxygens (including phenoxy) is 1. The van der Waals surface area contributed by atoms with Gasteiger partial charge >= 0.3 is 0 Å². The highest BCUT2D eigenvalue weighted by Crippen LogP contribution is 2.33. The number of hydrogen-bond acceptors (Lipinski definition) is 3. The highest BCUT2D eigenvalue weighted by atomic mass is 16.5. The summed E-state index contributed by atoms with van der Waals surface area (Å²) in [4.78, 5) is 2.40. The van der Waals surface area contributed by atoms with E-state index in [9.17, 15) is 0 Å². The van der Waals surface area contributed by atoms with E-state index in [1.54, 1.807) is 7.11 Å². The van der Waals surface area contributed by atoms with Crippen molar-refractivity contribution in [3.8, 4) is 0 Å². The van der Waals surface area contributed by atoms with Gasteiger partial charge in [0.05, 0.1) is 0 Å². The molecule has 1 aromatic rings. The molecule has 0 radical (unpaired) electrons. The molecule has 0 aliphatic heterocycles. The third-order valence-electron chi connectivity index (χ3n) is 3.77. The van der Waals surface area contributed by atoms with Crippen LogP contribution < -0.4 is 5.32 Å². The third kappa shape index (κ3) is 5.23. The predicted molar refractivity (Wildman–Crippen MR) is 86.0 cm³/mol. The second-order valence-electron chi connectivity index (χ2n) is 6.21. The summed E-state index contributed by atoms with van der Waals surface area (Å²) in [6.45, 7) is 7.61. The minimum atomic E-state index is 0.165. The second kappa shape index (κ2) is 8.40. The zero-order valence-electron chi connectivity index (χ0n) is 13.6. The first-order valence-electron chi connectivity index (χ1n) is 7.41. The van der Waals surface area contributed by atoms with E-state index < -0.39 is 0 Å². The van der Waals surface area contributed by atoms with Crippen LogP contribution in [0.5, 0.6) is 0 Å². The molecule has 1 unspecified atom stereocenters. The summed E-state index contributed by atoms with van der Waals surface area (Å²) in [5.74, 6) is 0. The Morgan fingerprint density at radius 1 is 1.25 bits per heavy atom. The highest BCUT2D eigenvalue weighted by molar-refractivity contribution is 5.21. The largest absolute Gasteiger partial charge is 0.385 e. The third-order valence-corrected chi connectivity index (χ3v) is 3.77. The van der Waals surface area contributed by atoms with Crippen molar-refractivity contribution in [1.29, 1.82) is 0 Å². The van der Waals surface area contributed by atoms with Gasteiger partial charge in [0.1, 0.15) is 0 Å². The maximum atomic E-state index is 5.12. The number of nitrogens with one attached hydrogen (secondary N) is 1. The normalized spacial score (nSPS) is 13.7. The maximum Gasteiger partial charge on any atom is 0.0474 e. The molecule has 0 saturated carbocycles. The van der Waals surface area contributed by atoms with Crippen molar-refractivity contribution in [3.63, 3.8) is 0 Å². The topological polar surface area (TPSA) is 24.5 Å². The Morgan fingerprint density at radius 2 is 1.90 bits per heavy atom. The SMILES string of the molecule is CNC(c1ccccc1)C(C)(C)CN(C)CCCOC. The van der Waals surface area contributed by atoms with Gasteiger partial charge in [-0.1, -0.05) is 44.2 Å². The molecule has 0 bridgehead atoms. The summed E-state index contributed by atoms with van der Waals surface area (Å²) < 4.78 is 5.12. The lowest BCUT2D eigenvalue weighted by Gasteiger charge is -2.38. The van der Waals surface area contributed by atoms with E-state index in [4.69, 9.17) is 4.74 Å². The molecule has 20 heavy (non-hydrogen) atoms. The van der Waals surface area contributed by atoms with Crippen LogP contribution in [0.3, 0.4) is 0 Å². The first-order chi connectivity index (χ1) is 9.51. The molecule has 1 atom stereocenters. The van der Waals surface area contributed by atoms with Crippen molar-refractivity contribution in [1.82, 2.24) is 10.2 Å². The monoisotopic (exact) mass is 278 g/mol. The molecule has 0 amide bonds. The van der Waals surface area contributed by atoms with E-state index in [2.05, 4.69) is 61.4 Å².